The molecule has 1 N–H and O–H groups in total. The average Bonchev–Trinajstić information content (AvgIpc) is 2.21. The van der Waals surface area contributed by atoms with Crippen molar-refractivity contribution in [2.45, 2.75) is 40.0 Å². The maximum Gasteiger partial charge on any atom is 1.00 e. The number of hydrogen-bond acceptors (Lipinski definition) is 2. The number of aliphatic hydroxyl groups excluding tert-OH is 1. The Kier molecular flexibility index (Phi) is 13.6. The van der Waals surface area contributed by atoms with Gasteiger partial charge in [-0.3, -0.25) is 0 Å². The van der Waals surface area contributed by atoms with E-state index in [2.05, 4.69) is 18.0 Å². The van der Waals surface area contributed by atoms with Gasteiger partial charge in [-0.2, -0.15) is 6.07 Å². The van der Waals surface area contributed by atoms with Gasteiger partial charge in [0.05, 0.1) is 0 Å². The standard InChI is InChI=1S/C10H14NO.C2H6.K/c1-8-3-5-11-10(7-8)9(2)4-6-12;1-2;/h3,5,9,12H,4,6H2,1-2H3;1-2H3;/q-1;;+1/t9-;;/m0../s1. The fourth-order valence-electron chi connectivity index (χ4n) is 1.09. The van der Waals surface area contributed by atoms with Gasteiger partial charge in [0.2, 0.25) is 0 Å². The van der Waals surface area contributed by atoms with Gasteiger partial charge >= 0.3 is 51.4 Å². The molecule has 0 fully saturated rings. The normalized spacial score (nSPS) is 10.7. The molecule has 0 aliphatic heterocycles. The second kappa shape index (κ2) is 11.2. The molecule has 0 bridgehead atoms. The fraction of sp³-hybridized carbons (Fsp3) is 0.583. The molecule has 0 amide bonds. The van der Waals surface area contributed by atoms with E-state index >= 15 is 0 Å². The van der Waals surface area contributed by atoms with Gasteiger partial charge in [0.1, 0.15) is 0 Å². The Labute approximate surface area is 136 Å². The molecule has 0 radical (unpaired) electrons. The number of rotatable bonds is 3. The maximum absolute atomic E-state index is 8.73. The first-order valence-electron chi connectivity index (χ1n) is 5.19. The zero-order valence-corrected chi connectivity index (χ0v) is 13.7. The summed E-state index contributed by atoms with van der Waals surface area (Å²) in [7, 11) is 0. The van der Waals surface area contributed by atoms with E-state index in [1.807, 2.05) is 26.8 Å². The number of hydrogen-bond donors (Lipinski definition) is 1. The summed E-state index contributed by atoms with van der Waals surface area (Å²) in [4.78, 5) is 4.19. The molecule has 0 unspecified atom stereocenters. The molecule has 0 aliphatic carbocycles. The van der Waals surface area contributed by atoms with E-state index in [1.54, 1.807) is 6.20 Å². The average molecular weight is 233 g/mol. The Morgan fingerprint density at radius 2 is 2.07 bits per heavy atom. The van der Waals surface area contributed by atoms with Crippen LogP contribution in [0.15, 0.2) is 12.3 Å². The van der Waals surface area contributed by atoms with Crippen LogP contribution < -0.4 is 51.4 Å². The van der Waals surface area contributed by atoms with Gasteiger partial charge in [0, 0.05) is 6.61 Å². The van der Waals surface area contributed by atoms with E-state index in [1.165, 1.54) is 0 Å². The van der Waals surface area contributed by atoms with Crippen LogP contribution >= 0.6 is 0 Å². The second-order valence-electron chi connectivity index (χ2n) is 3.05. The molecule has 0 saturated heterocycles. The van der Waals surface area contributed by atoms with Crippen LogP contribution in [0.3, 0.4) is 0 Å². The van der Waals surface area contributed by atoms with Crippen LogP contribution in [0.4, 0.5) is 0 Å². The van der Waals surface area contributed by atoms with Crippen molar-refractivity contribution in [3.63, 3.8) is 0 Å². The van der Waals surface area contributed by atoms with Gasteiger partial charge < -0.3 is 10.1 Å². The first-order valence-corrected chi connectivity index (χ1v) is 5.19. The number of aryl methyl sites for hydroxylation is 1. The van der Waals surface area contributed by atoms with Crippen LogP contribution in [-0.2, 0) is 0 Å². The summed E-state index contributed by atoms with van der Waals surface area (Å²) < 4.78 is 0. The first-order chi connectivity index (χ1) is 6.74. The van der Waals surface area contributed by atoms with Crippen molar-refractivity contribution < 1.29 is 56.5 Å². The van der Waals surface area contributed by atoms with Crippen molar-refractivity contribution in [3.05, 3.63) is 29.6 Å². The van der Waals surface area contributed by atoms with E-state index in [0.717, 1.165) is 17.7 Å². The van der Waals surface area contributed by atoms with E-state index < -0.39 is 0 Å². The summed E-state index contributed by atoms with van der Waals surface area (Å²) in [6.45, 7) is 8.26. The van der Waals surface area contributed by atoms with E-state index in [9.17, 15) is 0 Å². The molecular formula is C12H20KNO. The minimum atomic E-state index is 0. The van der Waals surface area contributed by atoms with Crippen molar-refractivity contribution in [1.82, 2.24) is 4.98 Å². The predicted octanol–water partition coefficient (Wildman–Crippen LogP) is -0.294. The molecule has 0 aromatic carbocycles. The zero-order chi connectivity index (χ0) is 11.0. The summed E-state index contributed by atoms with van der Waals surface area (Å²) in [6, 6.07) is 5.10. The van der Waals surface area contributed by atoms with E-state index in [-0.39, 0.29) is 58.0 Å². The third kappa shape index (κ3) is 7.61. The zero-order valence-electron chi connectivity index (χ0n) is 10.5. The third-order valence-corrected chi connectivity index (χ3v) is 1.89. The molecule has 1 aromatic rings. The van der Waals surface area contributed by atoms with Crippen molar-refractivity contribution in [1.29, 1.82) is 0 Å². The number of aromatic nitrogens is 1. The molecule has 1 heterocycles. The monoisotopic (exact) mass is 233 g/mol. The molecular weight excluding hydrogens is 213 g/mol. The summed E-state index contributed by atoms with van der Waals surface area (Å²) in [5, 5.41) is 8.73. The number of nitrogens with zero attached hydrogens (tertiary/aromatic N) is 1. The van der Waals surface area contributed by atoms with Crippen LogP contribution in [0.1, 0.15) is 44.4 Å². The predicted molar refractivity (Wildman–Crippen MR) is 59.3 cm³/mol. The van der Waals surface area contributed by atoms with Crippen molar-refractivity contribution in [2.24, 2.45) is 0 Å². The molecule has 3 heteroatoms. The van der Waals surface area contributed by atoms with Gasteiger partial charge in [-0.15, -0.1) is 0 Å². The Hall–Kier alpha value is 0.746. The molecule has 0 saturated carbocycles. The molecule has 15 heavy (non-hydrogen) atoms. The smallest absolute Gasteiger partial charge is 0.396 e. The Morgan fingerprint density at radius 3 is 2.53 bits per heavy atom. The van der Waals surface area contributed by atoms with Gasteiger partial charge in [-0.25, -0.2) is 11.6 Å². The molecule has 0 aliphatic rings. The third-order valence-electron chi connectivity index (χ3n) is 1.89. The van der Waals surface area contributed by atoms with Gasteiger partial charge in [-0.1, -0.05) is 33.9 Å². The Balaban J connectivity index is 0. The fourth-order valence-corrected chi connectivity index (χ4v) is 1.09. The van der Waals surface area contributed by atoms with Crippen LogP contribution in [-0.4, -0.2) is 16.7 Å². The van der Waals surface area contributed by atoms with Crippen molar-refractivity contribution in [2.75, 3.05) is 6.61 Å². The molecule has 2 nitrogen and oxygen atoms in total. The summed E-state index contributed by atoms with van der Waals surface area (Å²) in [6.07, 6.45) is 2.54. The molecule has 1 aromatic heterocycles. The first kappa shape index (κ1) is 18.1. The van der Waals surface area contributed by atoms with Gasteiger partial charge in [-0.05, 0) is 18.0 Å². The Bertz CT molecular complexity index is 253. The number of aliphatic hydroxyl groups is 1. The van der Waals surface area contributed by atoms with Crippen molar-refractivity contribution >= 4 is 0 Å². The van der Waals surface area contributed by atoms with Crippen molar-refractivity contribution in [3.8, 4) is 0 Å². The van der Waals surface area contributed by atoms with E-state index in [4.69, 9.17) is 5.11 Å². The van der Waals surface area contributed by atoms with Gasteiger partial charge in [0.15, 0.2) is 0 Å². The molecule has 1 atom stereocenters. The largest absolute Gasteiger partial charge is 1.00 e. The van der Waals surface area contributed by atoms with Gasteiger partial charge in [0.25, 0.3) is 0 Å². The summed E-state index contributed by atoms with van der Waals surface area (Å²) in [5.74, 6) is 0.301. The summed E-state index contributed by atoms with van der Waals surface area (Å²) >= 11 is 0. The van der Waals surface area contributed by atoms with Crippen LogP contribution in [0.25, 0.3) is 0 Å². The van der Waals surface area contributed by atoms with Crippen LogP contribution in [0.5, 0.6) is 0 Å². The summed E-state index contributed by atoms with van der Waals surface area (Å²) in [5.41, 5.74) is 2.05. The quantitative estimate of drug-likeness (QED) is 0.575. The molecule has 80 valence electrons. The number of pyridine rings is 1. The van der Waals surface area contributed by atoms with Crippen LogP contribution in [0.2, 0.25) is 0 Å². The van der Waals surface area contributed by atoms with E-state index in [0.29, 0.717) is 5.92 Å². The Morgan fingerprint density at radius 1 is 1.47 bits per heavy atom. The maximum atomic E-state index is 8.73. The minimum Gasteiger partial charge on any atom is -0.396 e. The topological polar surface area (TPSA) is 33.1 Å². The SMILES string of the molecule is CC.Cc1[c-]c([C@@H](C)CCO)ncc1.[K+]. The second-order valence-corrected chi connectivity index (χ2v) is 3.05. The molecule has 1 rings (SSSR count). The van der Waals surface area contributed by atoms with Crippen LogP contribution in [0, 0.1) is 13.0 Å². The molecule has 0 spiro atoms. The minimum absolute atomic E-state index is 0.